The molecule has 1 heterocycles. The van der Waals surface area contributed by atoms with Gasteiger partial charge < -0.3 is 10.0 Å². The standard InChI is InChI=1S/C11H16ClN3O2/c1-8(2)15(6-3-7-16)11(17)9-4-5-10(12)14-13-9/h4-5,8,16H,3,6-7H2,1-2H3. The van der Waals surface area contributed by atoms with Crippen molar-refractivity contribution in [1.82, 2.24) is 15.1 Å². The molecule has 1 aromatic heterocycles. The lowest BCUT2D eigenvalue weighted by molar-refractivity contribution is 0.0686. The Labute approximate surface area is 105 Å². The van der Waals surface area contributed by atoms with Crippen LogP contribution >= 0.6 is 11.6 Å². The van der Waals surface area contributed by atoms with E-state index < -0.39 is 0 Å². The molecule has 5 nitrogen and oxygen atoms in total. The molecule has 0 aliphatic rings. The third-order valence-electron chi connectivity index (χ3n) is 2.29. The Bertz CT molecular complexity index is 367. The van der Waals surface area contributed by atoms with Crippen molar-refractivity contribution in [2.24, 2.45) is 0 Å². The number of hydrogen-bond acceptors (Lipinski definition) is 4. The van der Waals surface area contributed by atoms with E-state index in [0.29, 0.717) is 13.0 Å². The van der Waals surface area contributed by atoms with Gasteiger partial charge in [-0.1, -0.05) is 11.6 Å². The van der Waals surface area contributed by atoms with Crippen LogP contribution in [0.15, 0.2) is 12.1 Å². The summed E-state index contributed by atoms with van der Waals surface area (Å²) in [4.78, 5) is 13.7. The van der Waals surface area contributed by atoms with E-state index in [1.807, 2.05) is 13.8 Å². The molecule has 1 rings (SSSR count). The third-order valence-corrected chi connectivity index (χ3v) is 2.49. The van der Waals surface area contributed by atoms with Crippen molar-refractivity contribution in [1.29, 1.82) is 0 Å². The van der Waals surface area contributed by atoms with Crippen LogP contribution in [0.25, 0.3) is 0 Å². The maximum absolute atomic E-state index is 12.1. The van der Waals surface area contributed by atoms with Crippen LogP contribution in [0.1, 0.15) is 30.8 Å². The molecule has 0 aliphatic carbocycles. The minimum Gasteiger partial charge on any atom is -0.396 e. The Morgan fingerprint density at radius 2 is 2.18 bits per heavy atom. The van der Waals surface area contributed by atoms with E-state index in [0.717, 1.165) is 0 Å². The predicted octanol–water partition coefficient (Wildman–Crippen LogP) is 1.36. The van der Waals surface area contributed by atoms with Crippen molar-refractivity contribution >= 4 is 17.5 Å². The van der Waals surface area contributed by atoms with E-state index in [-0.39, 0.29) is 29.4 Å². The lowest BCUT2D eigenvalue weighted by Gasteiger charge is -2.25. The fraction of sp³-hybridized carbons (Fsp3) is 0.545. The van der Waals surface area contributed by atoms with E-state index in [9.17, 15) is 4.79 Å². The van der Waals surface area contributed by atoms with Crippen LogP contribution in [0.4, 0.5) is 0 Å². The maximum Gasteiger partial charge on any atom is 0.274 e. The Morgan fingerprint density at radius 3 is 2.65 bits per heavy atom. The number of rotatable bonds is 5. The highest BCUT2D eigenvalue weighted by Crippen LogP contribution is 2.08. The highest BCUT2D eigenvalue weighted by atomic mass is 35.5. The lowest BCUT2D eigenvalue weighted by Crippen LogP contribution is -2.38. The number of carbonyl (C=O) groups excluding carboxylic acids is 1. The first-order chi connectivity index (χ1) is 8.06. The van der Waals surface area contributed by atoms with Gasteiger partial charge in [0.1, 0.15) is 0 Å². The van der Waals surface area contributed by atoms with Crippen molar-refractivity contribution < 1.29 is 9.90 Å². The zero-order valence-electron chi connectivity index (χ0n) is 9.93. The molecule has 0 bridgehead atoms. The second-order valence-electron chi connectivity index (χ2n) is 3.91. The molecule has 1 amide bonds. The Balaban J connectivity index is 2.80. The molecular weight excluding hydrogens is 242 g/mol. The van der Waals surface area contributed by atoms with Gasteiger partial charge in [-0.25, -0.2) is 0 Å². The van der Waals surface area contributed by atoms with Crippen LogP contribution in [0.2, 0.25) is 5.15 Å². The van der Waals surface area contributed by atoms with Crippen LogP contribution in [-0.2, 0) is 0 Å². The first kappa shape index (κ1) is 13.9. The van der Waals surface area contributed by atoms with Gasteiger partial charge in [-0.05, 0) is 32.4 Å². The van der Waals surface area contributed by atoms with Gasteiger partial charge in [-0.15, -0.1) is 10.2 Å². The summed E-state index contributed by atoms with van der Waals surface area (Å²) in [6.45, 7) is 4.39. The summed E-state index contributed by atoms with van der Waals surface area (Å²) >= 11 is 5.61. The number of hydrogen-bond donors (Lipinski definition) is 1. The van der Waals surface area contributed by atoms with E-state index in [1.165, 1.54) is 6.07 Å². The highest BCUT2D eigenvalue weighted by molar-refractivity contribution is 6.29. The fourth-order valence-corrected chi connectivity index (χ4v) is 1.51. The average molecular weight is 258 g/mol. The predicted molar refractivity (Wildman–Crippen MR) is 64.9 cm³/mol. The highest BCUT2D eigenvalue weighted by Gasteiger charge is 2.19. The Kier molecular flexibility index (Phi) is 5.31. The summed E-state index contributed by atoms with van der Waals surface area (Å²) in [7, 11) is 0. The molecule has 0 aliphatic heterocycles. The largest absolute Gasteiger partial charge is 0.396 e. The first-order valence-corrected chi connectivity index (χ1v) is 5.85. The van der Waals surface area contributed by atoms with E-state index in [2.05, 4.69) is 10.2 Å². The summed E-state index contributed by atoms with van der Waals surface area (Å²) in [6.07, 6.45) is 0.547. The molecule has 0 radical (unpaired) electrons. The number of aliphatic hydroxyl groups is 1. The molecule has 94 valence electrons. The fourth-order valence-electron chi connectivity index (χ4n) is 1.41. The number of aromatic nitrogens is 2. The summed E-state index contributed by atoms with van der Waals surface area (Å²) in [5.74, 6) is -0.197. The average Bonchev–Trinajstić information content (AvgIpc) is 2.29. The molecule has 17 heavy (non-hydrogen) atoms. The normalized spacial score (nSPS) is 10.6. The zero-order chi connectivity index (χ0) is 12.8. The van der Waals surface area contributed by atoms with Crippen molar-refractivity contribution in [3.8, 4) is 0 Å². The quantitative estimate of drug-likeness (QED) is 0.865. The van der Waals surface area contributed by atoms with Gasteiger partial charge in [0.05, 0.1) is 0 Å². The Hall–Kier alpha value is -1.20. The number of aliphatic hydroxyl groups excluding tert-OH is 1. The topological polar surface area (TPSA) is 66.3 Å². The molecule has 0 saturated heterocycles. The van der Waals surface area contributed by atoms with Gasteiger partial charge in [0.15, 0.2) is 10.8 Å². The van der Waals surface area contributed by atoms with E-state index >= 15 is 0 Å². The molecule has 1 aromatic rings. The minimum atomic E-state index is -0.197. The Morgan fingerprint density at radius 1 is 1.47 bits per heavy atom. The molecule has 0 spiro atoms. The van der Waals surface area contributed by atoms with Gasteiger partial charge in [0.25, 0.3) is 5.91 Å². The maximum atomic E-state index is 12.1. The molecule has 6 heteroatoms. The van der Waals surface area contributed by atoms with Crippen LogP contribution in [0, 0.1) is 0 Å². The molecule has 0 fully saturated rings. The summed E-state index contributed by atoms with van der Waals surface area (Å²) < 4.78 is 0. The zero-order valence-corrected chi connectivity index (χ0v) is 10.7. The smallest absolute Gasteiger partial charge is 0.274 e. The molecular formula is C11H16ClN3O2. The van der Waals surface area contributed by atoms with Gasteiger partial charge >= 0.3 is 0 Å². The van der Waals surface area contributed by atoms with Crippen LogP contribution in [0.3, 0.4) is 0 Å². The van der Waals surface area contributed by atoms with Crippen LogP contribution in [0.5, 0.6) is 0 Å². The molecule has 0 unspecified atom stereocenters. The van der Waals surface area contributed by atoms with Gasteiger partial charge in [0, 0.05) is 19.2 Å². The van der Waals surface area contributed by atoms with Crippen LogP contribution < -0.4 is 0 Å². The molecule has 1 N–H and O–H groups in total. The molecule has 0 atom stereocenters. The van der Waals surface area contributed by atoms with E-state index in [1.54, 1.807) is 11.0 Å². The van der Waals surface area contributed by atoms with E-state index in [4.69, 9.17) is 16.7 Å². The first-order valence-electron chi connectivity index (χ1n) is 5.47. The lowest BCUT2D eigenvalue weighted by atomic mass is 10.2. The monoisotopic (exact) mass is 257 g/mol. The SMILES string of the molecule is CC(C)N(CCCO)C(=O)c1ccc(Cl)nn1. The van der Waals surface area contributed by atoms with Gasteiger partial charge in [0.2, 0.25) is 0 Å². The third kappa shape index (κ3) is 3.94. The number of carbonyl (C=O) groups is 1. The number of amides is 1. The second-order valence-corrected chi connectivity index (χ2v) is 4.30. The van der Waals surface area contributed by atoms with Crippen molar-refractivity contribution in [3.05, 3.63) is 23.0 Å². The van der Waals surface area contributed by atoms with Crippen LogP contribution in [-0.4, -0.2) is 45.3 Å². The second kappa shape index (κ2) is 6.51. The van der Waals surface area contributed by atoms with Gasteiger partial charge in [-0.3, -0.25) is 4.79 Å². The summed E-state index contributed by atoms with van der Waals surface area (Å²) in [6, 6.07) is 3.13. The van der Waals surface area contributed by atoms with Crippen molar-refractivity contribution in [3.63, 3.8) is 0 Å². The van der Waals surface area contributed by atoms with Gasteiger partial charge in [-0.2, -0.15) is 0 Å². The summed E-state index contributed by atoms with van der Waals surface area (Å²) in [5, 5.41) is 16.5. The van der Waals surface area contributed by atoms with Crippen molar-refractivity contribution in [2.45, 2.75) is 26.3 Å². The summed E-state index contributed by atoms with van der Waals surface area (Å²) in [5.41, 5.74) is 0.265. The minimum absolute atomic E-state index is 0.0477. The van der Waals surface area contributed by atoms with Crippen molar-refractivity contribution in [2.75, 3.05) is 13.2 Å². The number of halogens is 1. The molecule has 0 saturated carbocycles. The number of nitrogens with zero attached hydrogens (tertiary/aromatic N) is 3. The molecule has 0 aromatic carbocycles.